The van der Waals surface area contributed by atoms with E-state index in [0.717, 1.165) is 41.9 Å². The maximum Gasteiger partial charge on any atom is 0.319 e. The molecule has 2 aromatic carbocycles. The van der Waals surface area contributed by atoms with Crippen LogP contribution in [0.25, 0.3) is 32.1 Å². The van der Waals surface area contributed by atoms with Crippen LogP contribution in [-0.2, 0) is 22.7 Å². The first-order valence-electron chi connectivity index (χ1n) is 14.9. The fourth-order valence-electron chi connectivity index (χ4n) is 7.51. The number of nitrogen functional groups attached to an aromatic ring is 1. The molecule has 4 aromatic rings. The molecule has 3 fully saturated rings. The highest BCUT2D eigenvalue weighted by Gasteiger charge is 2.49. The summed E-state index contributed by atoms with van der Waals surface area (Å²) in [6, 6.07) is 4.58. The van der Waals surface area contributed by atoms with Crippen LogP contribution in [0.5, 0.6) is 6.01 Å². The Labute approximate surface area is 265 Å². The van der Waals surface area contributed by atoms with E-state index in [2.05, 4.69) is 21.6 Å². The minimum atomic E-state index is -0.916. The number of amides is 1. The maximum absolute atomic E-state index is 15.0. The second-order valence-corrected chi connectivity index (χ2v) is 13.5. The van der Waals surface area contributed by atoms with Crippen molar-refractivity contribution < 1.29 is 23.0 Å². The van der Waals surface area contributed by atoms with E-state index >= 15 is 0 Å². The number of carbonyl (C=O) groups excluding carboxylic acids is 1. The van der Waals surface area contributed by atoms with E-state index in [1.165, 1.54) is 6.07 Å². The minimum absolute atomic E-state index is 0.0420. The molecule has 4 aliphatic heterocycles. The monoisotopic (exact) mass is 651 g/mol. The Morgan fingerprint density at radius 1 is 1.31 bits per heavy atom. The third-order valence-electron chi connectivity index (χ3n) is 9.57. The Morgan fingerprint density at radius 3 is 2.96 bits per heavy atom. The van der Waals surface area contributed by atoms with E-state index in [0.29, 0.717) is 59.2 Å². The van der Waals surface area contributed by atoms with E-state index in [-0.39, 0.29) is 52.0 Å². The number of nitrogens with two attached hydrogens (primary N) is 1. The number of halogens is 3. The Balaban J connectivity index is 1.33. The van der Waals surface area contributed by atoms with Gasteiger partial charge in [-0.25, -0.2) is 8.78 Å². The fourth-order valence-corrected chi connectivity index (χ4v) is 8.82. The van der Waals surface area contributed by atoms with Gasteiger partial charge in [0.25, 0.3) is 0 Å². The Bertz CT molecular complexity index is 1970. The number of thiophene rings is 1. The molecule has 8 rings (SSSR count). The van der Waals surface area contributed by atoms with Crippen molar-refractivity contribution in [2.45, 2.75) is 56.6 Å². The summed E-state index contributed by atoms with van der Waals surface area (Å²) in [5.74, 6) is -0.253. The third-order valence-corrected chi connectivity index (χ3v) is 11.0. The molecule has 14 heteroatoms. The summed E-state index contributed by atoms with van der Waals surface area (Å²) in [5, 5.41) is 17.5. The minimum Gasteiger partial charge on any atom is -0.461 e. The van der Waals surface area contributed by atoms with E-state index in [1.807, 2.05) is 0 Å². The molecule has 1 amide bonds. The molecule has 10 nitrogen and oxygen atoms in total. The summed E-state index contributed by atoms with van der Waals surface area (Å²) >= 11 is 8.27. The van der Waals surface area contributed by atoms with Gasteiger partial charge in [-0.2, -0.15) is 15.2 Å². The van der Waals surface area contributed by atoms with Crippen LogP contribution < -0.4 is 21.1 Å². The van der Waals surface area contributed by atoms with Gasteiger partial charge in [0.05, 0.1) is 44.9 Å². The molecule has 45 heavy (non-hydrogen) atoms. The number of hydrogen-bond acceptors (Lipinski definition) is 10. The first-order valence-corrected chi connectivity index (χ1v) is 16.1. The van der Waals surface area contributed by atoms with Crippen LogP contribution in [0.1, 0.15) is 42.4 Å². The molecule has 0 radical (unpaired) electrons. The van der Waals surface area contributed by atoms with Crippen LogP contribution in [0.4, 0.5) is 19.6 Å². The van der Waals surface area contributed by atoms with Crippen molar-refractivity contribution in [1.82, 2.24) is 20.2 Å². The third kappa shape index (κ3) is 4.41. The van der Waals surface area contributed by atoms with Crippen LogP contribution in [0.2, 0.25) is 5.02 Å². The van der Waals surface area contributed by atoms with Gasteiger partial charge in [-0.1, -0.05) is 17.7 Å². The molecule has 4 N–H and O–H groups in total. The number of hydrogen-bond donors (Lipinski definition) is 3. The van der Waals surface area contributed by atoms with Gasteiger partial charge in [0.1, 0.15) is 41.5 Å². The Kier molecular flexibility index (Phi) is 6.76. The van der Waals surface area contributed by atoms with Gasteiger partial charge in [0.15, 0.2) is 0 Å². The molecule has 0 saturated carbocycles. The van der Waals surface area contributed by atoms with Gasteiger partial charge < -0.3 is 25.8 Å². The van der Waals surface area contributed by atoms with Crippen LogP contribution in [0.15, 0.2) is 12.1 Å². The highest BCUT2D eigenvalue weighted by molar-refractivity contribution is 7.23. The predicted octanol–water partition coefficient (Wildman–Crippen LogP) is 5.04. The summed E-state index contributed by atoms with van der Waals surface area (Å²) in [4.78, 5) is 24.3. The van der Waals surface area contributed by atoms with Gasteiger partial charge in [-0.15, -0.1) is 11.3 Å². The quantitative estimate of drug-likeness (QED) is 0.262. The van der Waals surface area contributed by atoms with E-state index in [1.54, 1.807) is 6.07 Å². The van der Waals surface area contributed by atoms with Gasteiger partial charge >= 0.3 is 6.01 Å². The first kappa shape index (κ1) is 28.6. The fraction of sp³-hybridized carbons (Fsp3) is 0.419. The number of benzene rings is 2. The van der Waals surface area contributed by atoms with E-state index in [9.17, 15) is 18.8 Å². The van der Waals surface area contributed by atoms with Crippen LogP contribution in [0, 0.1) is 17.1 Å². The number of fused-ring (bicyclic) bond motifs is 5. The second kappa shape index (κ2) is 10.6. The molecule has 2 aromatic heterocycles. The average molecular weight is 652 g/mol. The topological polar surface area (TPSA) is 138 Å². The lowest BCUT2D eigenvalue weighted by Crippen LogP contribution is -2.43. The number of aromatic nitrogens is 2. The Hall–Kier alpha value is -3.83. The molecule has 3 atom stereocenters. The normalized spacial score (nSPS) is 24.3. The number of rotatable bonds is 6. The summed E-state index contributed by atoms with van der Waals surface area (Å²) in [5.41, 5.74) is 8.88. The SMILES string of the molecule is N#Cc1c(N)sc2c(F)ccc(-c3c4c(c5c(NC6CCNC6=O)nc(OCC67CCCN6CC(F)C7)nc5c3Cl)COC4)c12. The highest BCUT2D eigenvalue weighted by Crippen LogP contribution is 2.49. The number of ether oxygens (including phenoxy) is 2. The summed E-state index contributed by atoms with van der Waals surface area (Å²) in [6.45, 7) is 2.38. The molecule has 0 bridgehead atoms. The largest absolute Gasteiger partial charge is 0.461 e. The molecular weight excluding hydrogens is 624 g/mol. The molecule has 3 unspecified atom stereocenters. The number of carbonyl (C=O) groups is 1. The zero-order valence-corrected chi connectivity index (χ0v) is 25.6. The molecule has 4 aliphatic rings. The van der Waals surface area contributed by atoms with Crippen molar-refractivity contribution in [2.24, 2.45) is 0 Å². The molecular formula is C31H28ClF2N7O3S. The van der Waals surface area contributed by atoms with Crippen molar-refractivity contribution in [2.75, 3.05) is 37.3 Å². The van der Waals surface area contributed by atoms with Gasteiger partial charge in [-0.05, 0) is 48.6 Å². The molecule has 6 heterocycles. The first-order chi connectivity index (χ1) is 21.8. The number of nitrogens with zero attached hydrogens (tertiary/aromatic N) is 4. The van der Waals surface area contributed by atoms with Gasteiger partial charge in [0.2, 0.25) is 5.91 Å². The molecule has 3 saturated heterocycles. The van der Waals surface area contributed by atoms with Crippen molar-refractivity contribution in [1.29, 1.82) is 5.26 Å². The Morgan fingerprint density at radius 2 is 2.16 bits per heavy atom. The predicted molar refractivity (Wildman–Crippen MR) is 167 cm³/mol. The summed E-state index contributed by atoms with van der Waals surface area (Å²) in [7, 11) is 0. The summed E-state index contributed by atoms with van der Waals surface area (Å²) in [6.07, 6.45) is 1.81. The lowest BCUT2D eigenvalue weighted by molar-refractivity contribution is -0.119. The number of alkyl halides is 1. The van der Waals surface area contributed by atoms with E-state index in [4.69, 9.17) is 36.8 Å². The van der Waals surface area contributed by atoms with Crippen LogP contribution in [0.3, 0.4) is 0 Å². The highest BCUT2D eigenvalue weighted by atomic mass is 35.5. The zero-order valence-electron chi connectivity index (χ0n) is 24.0. The van der Waals surface area contributed by atoms with Crippen molar-refractivity contribution in [3.63, 3.8) is 0 Å². The molecule has 0 spiro atoms. The zero-order chi connectivity index (χ0) is 31.0. The van der Waals surface area contributed by atoms with Crippen molar-refractivity contribution in [3.05, 3.63) is 39.7 Å². The van der Waals surface area contributed by atoms with Crippen LogP contribution in [-0.4, -0.2) is 64.8 Å². The maximum atomic E-state index is 15.0. The van der Waals surface area contributed by atoms with Gasteiger partial charge in [0, 0.05) is 30.5 Å². The van der Waals surface area contributed by atoms with Gasteiger partial charge in [-0.3, -0.25) is 9.69 Å². The van der Waals surface area contributed by atoms with Crippen molar-refractivity contribution in [3.8, 4) is 23.2 Å². The lowest BCUT2D eigenvalue weighted by atomic mass is 9.91. The smallest absolute Gasteiger partial charge is 0.319 e. The average Bonchev–Trinajstić information content (AvgIpc) is 3.83. The van der Waals surface area contributed by atoms with Crippen molar-refractivity contribution >= 4 is 60.7 Å². The number of anilines is 2. The molecule has 0 aliphatic carbocycles. The second-order valence-electron chi connectivity index (χ2n) is 12.1. The summed E-state index contributed by atoms with van der Waals surface area (Å²) < 4.78 is 41.9. The standard InChI is InChI=1S/C31H28ClF2N7O3S/c32-24-21(15-2-3-19(34)26-22(15)16(9-35)27(36)45-26)17-11-43-12-18(17)23-25(24)39-30(40-28(23)38-20-4-6-37-29(20)42)44-13-31-5-1-7-41(31)10-14(33)8-31/h2-3,14,20H,1,4-8,10-13,36H2,(H,37,42)(H,38,39,40). The van der Waals surface area contributed by atoms with Crippen LogP contribution >= 0.6 is 22.9 Å². The van der Waals surface area contributed by atoms with E-state index < -0.39 is 23.6 Å². The molecule has 232 valence electrons. The number of nitrogens with one attached hydrogen (secondary N) is 2. The number of nitriles is 1. The lowest BCUT2D eigenvalue weighted by Gasteiger charge is -2.31.